The van der Waals surface area contributed by atoms with Gasteiger partial charge >= 0.3 is 0 Å². The molecule has 0 fully saturated rings. The topological polar surface area (TPSA) is 84.0 Å². The van der Waals surface area contributed by atoms with E-state index in [1.165, 1.54) is 5.56 Å². The molecule has 25 heavy (non-hydrogen) atoms. The monoisotopic (exact) mass is 350 g/mol. The zero-order valence-electron chi connectivity index (χ0n) is 15.6. The maximum Gasteiger partial charge on any atom is 0.239 e. The van der Waals surface area contributed by atoms with Crippen LogP contribution in [-0.2, 0) is 9.53 Å². The zero-order chi connectivity index (χ0) is 18.5. The quantitative estimate of drug-likeness (QED) is 0.335. The first-order chi connectivity index (χ1) is 12.1. The Bertz CT molecular complexity index is 532. The lowest BCUT2D eigenvalue weighted by Gasteiger charge is -2.15. The van der Waals surface area contributed by atoms with Crippen molar-refractivity contribution >= 4 is 11.9 Å². The molecule has 3 N–H and O–H groups in total. The van der Waals surface area contributed by atoms with E-state index in [-0.39, 0.29) is 12.5 Å². The highest BCUT2D eigenvalue weighted by Crippen LogP contribution is 2.21. The number of nitrogens with zero attached hydrogens (tertiary/aromatic N) is 1. The minimum Gasteiger partial charge on any atom is -0.497 e. The van der Waals surface area contributed by atoms with E-state index in [0.717, 1.165) is 18.7 Å². The van der Waals surface area contributed by atoms with Crippen molar-refractivity contribution < 1.29 is 14.3 Å². The molecular formula is C18H30N4O3. The largest absolute Gasteiger partial charge is 0.497 e. The number of methoxy groups -OCH3 is 2. The van der Waals surface area contributed by atoms with Crippen LogP contribution >= 0.6 is 0 Å². The summed E-state index contributed by atoms with van der Waals surface area (Å²) in [7, 11) is 4.95. The van der Waals surface area contributed by atoms with Gasteiger partial charge in [0, 0.05) is 27.2 Å². The molecule has 0 aromatic heterocycles. The third-order valence-electron chi connectivity index (χ3n) is 3.82. The number of carbonyl (C=O) groups is 1. The number of aliphatic imine (C=N–C) groups is 1. The molecule has 1 aromatic rings. The van der Waals surface area contributed by atoms with Crippen molar-refractivity contribution in [2.75, 3.05) is 47.5 Å². The molecule has 1 aromatic carbocycles. The van der Waals surface area contributed by atoms with Gasteiger partial charge in [-0.1, -0.05) is 19.1 Å². The average Bonchev–Trinajstić information content (AvgIpc) is 2.64. The van der Waals surface area contributed by atoms with Gasteiger partial charge in [0.2, 0.25) is 5.91 Å². The van der Waals surface area contributed by atoms with Gasteiger partial charge in [0.15, 0.2) is 5.96 Å². The smallest absolute Gasteiger partial charge is 0.239 e. The molecule has 1 rings (SSSR count). The molecule has 0 aliphatic carbocycles. The summed E-state index contributed by atoms with van der Waals surface area (Å²) < 4.78 is 10.1. The van der Waals surface area contributed by atoms with E-state index in [9.17, 15) is 4.79 Å². The van der Waals surface area contributed by atoms with Crippen LogP contribution in [0.25, 0.3) is 0 Å². The summed E-state index contributed by atoms with van der Waals surface area (Å²) in [6.07, 6.45) is 0.951. The molecule has 0 saturated carbocycles. The van der Waals surface area contributed by atoms with Gasteiger partial charge in [0.1, 0.15) is 5.75 Å². The minimum atomic E-state index is -0.0911. The molecule has 1 unspecified atom stereocenters. The fourth-order valence-electron chi connectivity index (χ4n) is 2.25. The molecule has 0 spiro atoms. The van der Waals surface area contributed by atoms with Crippen LogP contribution in [0, 0.1) is 0 Å². The van der Waals surface area contributed by atoms with Gasteiger partial charge in [-0.05, 0) is 30.0 Å². The molecule has 0 saturated heterocycles. The van der Waals surface area contributed by atoms with E-state index in [1.807, 2.05) is 12.1 Å². The molecule has 0 aliphatic rings. The highest BCUT2D eigenvalue weighted by Gasteiger charge is 2.07. The van der Waals surface area contributed by atoms with Crippen molar-refractivity contribution in [3.05, 3.63) is 29.8 Å². The van der Waals surface area contributed by atoms with Crippen molar-refractivity contribution in [1.29, 1.82) is 0 Å². The summed E-state index contributed by atoms with van der Waals surface area (Å²) in [6, 6.07) is 8.12. The number of benzene rings is 1. The Labute approximate surface area is 150 Å². The summed E-state index contributed by atoms with van der Waals surface area (Å²) >= 11 is 0. The lowest BCUT2D eigenvalue weighted by Crippen LogP contribution is -2.44. The summed E-state index contributed by atoms with van der Waals surface area (Å²) in [5.41, 5.74) is 1.27. The van der Waals surface area contributed by atoms with Crippen LogP contribution < -0.4 is 20.7 Å². The second kappa shape index (κ2) is 12.1. The van der Waals surface area contributed by atoms with E-state index in [1.54, 1.807) is 21.3 Å². The lowest BCUT2D eigenvalue weighted by molar-refractivity contribution is -0.120. The second-order valence-electron chi connectivity index (χ2n) is 5.66. The predicted octanol–water partition coefficient (Wildman–Crippen LogP) is 1.12. The van der Waals surface area contributed by atoms with Crippen LogP contribution in [0.15, 0.2) is 29.3 Å². The number of ether oxygens (including phenoxy) is 2. The van der Waals surface area contributed by atoms with Crippen molar-refractivity contribution in [2.45, 2.75) is 19.3 Å². The molecule has 1 atom stereocenters. The summed E-state index contributed by atoms with van der Waals surface area (Å²) in [5, 5.41) is 8.97. The Kier molecular flexibility index (Phi) is 10.1. The van der Waals surface area contributed by atoms with Crippen molar-refractivity contribution in [3.8, 4) is 5.75 Å². The van der Waals surface area contributed by atoms with Crippen molar-refractivity contribution in [1.82, 2.24) is 16.0 Å². The summed E-state index contributed by atoms with van der Waals surface area (Å²) in [5.74, 6) is 1.80. The fourth-order valence-corrected chi connectivity index (χ4v) is 2.25. The normalized spacial score (nSPS) is 12.4. The minimum absolute atomic E-state index is 0.0911. The summed E-state index contributed by atoms with van der Waals surface area (Å²) in [4.78, 5) is 15.8. The van der Waals surface area contributed by atoms with E-state index >= 15 is 0 Å². The predicted molar refractivity (Wildman–Crippen MR) is 100 cm³/mol. The highest BCUT2D eigenvalue weighted by molar-refractivity contribution is 5.86. The number of hydrogen-bond acceptors (Lipinski definition) is 4. The van der Waals surface area contributed by atoms with Gasteiger partial charge < -0.3 is 25.4 Å². The highest BCUT2D eigenvalue weighted by atomic mass is 16.5. The molecule has 0 radical (unpaired) electrons. The standard InChI is InChI=1S/C18H30N4O3/c1-14(15-5-7-16(25-4)8-6-15)9-10-21-18(19-2)22-13-17(23)20-11-12-24-3/h5-8,14H,9-13H2,1-4H3,(H,20,23)(H2,19,21,22). The molecular weight excluding hydrogens is 320 g/mol. The van der Waals surface area contributed by atoms with Crippen molar-refractivity contribution in [2.24, 2.45) is 4.99 Å². The van der Waals surface area contributed by atoms with Gasteiger partial charge in [0.25, 0.3) is 0 Å². The molecule has 1 amide bonds. The molecule has 7 nitrogen and oxygen atoms in total. The SMILES string of the molecule is CN=C(NCCC(C)c1ccc(OC)cc1)NCC(=O)NCCOC. The van der Waals surface area contributed by atoms with Crippen LogP contribution in [0.5, 0.6) is 5.75 Å². The third-order valence-corrected chi connectivity index (χ3v) is 3.82. The Morgan fingerprint density at radius 1 is 1.12 bits per heavy atom. The van der Waals surface area contributed by atoms with E-state index < -0.39 is 0 Å². The third kappa shape index (κ3) is 8.39. The van der Waals surface area contributed by atoms with E-state index in [2.05, 4.69) is 40.0 Å². The van der Waals surface area contributed by atoms with Crippen LogP contribution in [0.3, 0.4) is 0 Å². The van der Waals surface area contributed by atoms with Gasteiger partial charge in [0.05, 0.1) is 20.3 Å². The Balaban J connectivity index is 2.28. The number of carbonyl (C=O) groups excluding carboxylic acids is 1. The molecule has 140 valence electrons. The first kappa shape index (κ1) is 20.8. The van der Waals surface area contributed by atoms with Crippen LogP contribution in [0.4, 0.5) is 0 Å². The first-order valence-corrected chi connectivity index (χ1v) is 8.44. The second-order valence-corrected chi connectivity index (χ2v) is 5.66. The van der Waals surface area contributed by atoms with Gasteiger partial charge in [-0.15, -0.1) is 0 Å². The fraction of sp³-hybridized carbons (Fsp3) is 0.556. The van der Waals surface area contributed by atoms with Crippen molar-refractivity contribution in [3.63, 3.8) is 0 Å². The Morgan fingerprint density at radius 2 is 1.84 bits per heavy atom. The number of hydrogen-bond donors (Lipinski definition) is 3. The molecule has 7 heteroatoms. The number of guanidine groups is 1. The number of amides is 1. The molecule has 0 aliphatic heterocycles. The van der Waals surface area contributed by atoms with E-state index in [0.29, 0.717) is 25.0 Å². The number of nitrogens with one attached hydrogen (secondary N) is 3. The van der Waals surface area contributed by atoms with Gasteiger partial charge in [-0.2, -0.15) is 0 Å². The maximum atomic E-state index is 11.6. The van der Waals surface area contributed by atoms with E-state index in [4.69, 9.17) is 9.47 Å². The first-order valence-electron chi connectivity index (χ1n) is 8.44. The van der Waals surface area contributed by atoms with Crippen LogP contribution in [-0.4, -0.2) is 59.4 Å². The average molecular weight is 350 g/mol. The van der Waals surface area contributed by atoms with Gasteiger partial charge in [-0.3, -0.25) is 9.79 Å². The van der Waals surface area contributed by atoms with Crippen LogP contribution in [0.1, 0.15) is 24.8 Å². The number of rotatable bonds is 10. The lowest BCUT2D eigenvalue weighted by atomic mass is 9.98. The molecule has 0 bridgehead atoms. The summed E-state index contributed by atoms with van der Waals surface area (Å²) in [6.45, 7) is 4.13. The Morgan fingerprint density at radius 3 is 2.44 bits per heavy atom. The van der Waals surface area contributed by atoms with Crippen LogP contribution in [0.2, 0.25) is 0 Å². The molecule has 0 heterocycles. The zero-order valence-corrected chi connectivity index (χ0v) is 15.6. The van der Waals surface area contributed by atoms with Gasteiger partial charge in [-0.25, -0.2) is 0 Å². The maximum absolute atomic E-state index is 11.6. The Hall–Kier alpha value is -2.28.